The Hall–Kier alpha value is -2.00. The number of alkyl halides is 4. The van der Waals surface area contributed by atoms with Gasteiger partial charge in [-0.2, -0.15) is 0 Å². The molecule has 0 aliphatic carbocycles. The fraction of sp³-hybridized carbons (Fsp3) is 0.500. The van der Waals surface area contributed by atoms with Crippen molar-refractivity contribution in [2.45, 2.75) is 77.0 Å². The highest BCUT2D eigenvalue weighted by atomic mass is 79.9. The van der Waals surface area contributed by atoms with E-state index in [9.17, 15) is 0 Å². The molecule has 0 amide bonds. The van der Waals surface area contributed by atoms with Crippen LogP contribution in [0.5, 0.6) is 23.0 Å². The van der Waals surface area contributed by atoms with Crippen LogP contribution < -0.4 is 18.9 Å². The van der Waals surface area contributed by atoms with Gasteiger partial charge in [-0.3, -0.25) is 0 Å². The maximum absolute atomic E-state index is 5.32. The number of methoxy groups -OCH3 is 4. The van der Waals surface area contributed by atoms with Crippen molar-refractivity contribution in [1.82, 2.24) is 0 Å². The number of ether oxygens (including phenoxy) is 4. The van der Waals surface area contributed by atoms with Crippen LogP contribution in [0.4, 0.5) is 0 Å². The Kier molecular flexibility index (Phi) is 25.3. The van der Waals surface area contributed by atoms with Crippen molar-refractivity contribution in [3.05, 3.63) is 119 Å². The molecular weight excluding hydrogens is 960 g/mol. The van der Waals surface area contributed by atoms with Gasteiger partial charge in [-0.15, -0.1) is 0 Å². The first-order chi connectivity index (χ1) is 27.4. The van der Waals surface area contributed by atoms with Crippen LogP contribution in [0.1, 0.15) is 73.6 Å². The molecule has 4 nitrogen and oxygen atoms in total. The van der Waals surface area contributed by atoms with Crippen molar-refractivity contribution < 1.29 is 18.9 Å². The van der Waals surface area contributed by atoms with E-state index >= 15 is 0 Å². The van der Waals surface area contributed by atoms with Gasteiger partial charge in [0, 0.05) is 21.3 Å². The number of hydrogen-bond donors (Lipinski definition) is 0. The smallest absolute Gasteiger partial charge is 0.118 e. The number of rotatable bonds is 26. The molecule has 4 atom stereocenters. The normalized spacial score (nSPS) is 13.1. The summed E-state index contributed by atoms with van der Waals surface area (Å²) in [6, 6.07) is 34.3. The second-order valence-electron chi connectivity index (χ2n) is 14.6. The van der Waals surface area contributed by atoms with E-state index in [1.807, 2.05) is 0 Å². The quantitative estimate of drug-likeness (QED) is 0.0464. The minimum absolute atomic E-state index is 0.658. The Balaban J connectivity index is 0.000000300. The van der Waals surface area contributed by atoms with E-state index in [4.69, 9.17) is 18.9 Å². The van der Waals surface area contributed by atoms with Crippen LogP contribution in [0, 0.1) is 23.7 Å². The lowest BCUT2D eigenvalue weighted by Crippen LogP contribution is -2.21. The Morgan fingerprint density at radius 1 is 0.321 bits per heavy atom. The SMILES string of the molecule is COc1ccc(C[C@@H](CCBr)[C@H](CCCCBr)Cc2ccc(OC)cc2)cc1.COc1ccc(C[C@H](CCBr)[C@@H](CCCCBr)Cc2ccc(OC)cc2)cc1. The topological polar surface area (TPSA) is 36.9 Å². The summed E-state index contributed by atoms with van der Waals surface area (Å²) >= 11 is 14.6. The van der Waals surface area contributed by atoms with Gasteiger partial charge in [-0.1, -0.05) is 125 Å². The van der Waals surface area contributed by atoms with E-state index < -0.39 is 0 Å². The molecule has 0 radical (unpaired) electrons. The van der Waals surface area contributed by atoms with Crippen molar-refractivity contribution in [2.75, 3.05) is 49.8 Å². The molecule has 4 aromatic carbocycles. The average molecular weight is 1020 g/mol. The Morgan fingerprint density at radius 3 is 0.750 bits per heavy atom. The number of halogens is 4. The molecule has 0 unspecified atom stereocenters. The summed E-state index contributed by atoms with van der Waals surface area (Å²) in [5.41, 5.74) is 5.59. The summed E-state index contributed by atoms with van der Waals surface area (Å²) in [5, 5.41) is 4.27. The molecule has 0 heterocycles. The Bertz CT molecular complexity index is 1430. The third-order valence-electron chi connectivity index (χ3n) is 10.8. The zero-order chi connectivity index (χ0) is 40.4. The molecule has 0 N–H and O–H groups in total. The Morgan fingerprint density at radius 2 is 0.554 bits per heavy atom. The number of unbranched alkanes of at least 4 members (excludes halogenated alkanes) is 2. The minimum atomic E-state index is 0.658. The molecule has 308 valence electrons. The molecule has 8 heteroatoms. The van der Waals surface area contributed by atoms with Gasteiger partial charge in [0.2, 0.25) is 0 Å². The fourth-order valence-electron chi connectivity index (χ4n) is 7.56. The van der Waals surface area contributed by atoms with E-state index in [0.717, 1.165) is 70.0 Å². The summed E-state index contributed by atoms with van der Waals surface area (Å²) in [5.74, 6) is 6.36. The van der Waals surface area contributed by atoms with Crippen LogP contribution in [0.3, 0.4) is 0 Å². The van der Waals surface area contributed by atoms with Crippen LogP contribution in [-0.4, -0.2) is 49.8 Å². The lowest BCUT2D eigenvalue weighted by molar-refractivity contribution is 0.295. The lowest BCUT2D eigenvalue weighted by Gasteiger charge is -2.27. The first kappa shape index (κ1) is 48.4. The van der Waals surface area contributed by atoms with Crippen molar-refractivity contribution >= 4 is 63.7 Å². The van der Waals surface area contributed by atoms with Crippen molar-refractivity contribution in [3.63, 3.8) is 0 Å². The van der Waals surface area contributed by atoms with Gasteiger partial charge in [-0.05, 0) is 159 Å². The maximum atomic E-state index is 5.32. The highest BCUT2D eigenvalue weighted by Crippen LogP contribution is 2.32. The van der Waals surface area contributed by atoms with Crippen LogP contribution >= 0.6 is 63.7 Å². The second-order valence-corrected chi connectivity index (χ2v) is 17.7. The molecule has 0 aromatic heterocycles. The zero-order valence-corrected chi connectivity index (χ0v) is 40.3. The maximum Gasteiger partial charge on any atom is 0.118 e. The first-order valence-corrected chi connectivity index (χ1v) is 24.6. The third-order valence-corrected chi connectivity index (χ3v) is 12.9. The van der Waals surface area contributed by atoms with E-state index in [1.165, 1.54) is 73.6 Å². The first-order valence-electron chi connectivity index (χ1n) is 20.2. The molecule has 0 saturated carbocycles. The van der Waals surface area contributed by atoms with E-state index in [0.29, 0.717) is 23.7 Å². The summed E-state index contributed by atoms with van der Waals surface area (Å²) in [7, 11) is 6.88. The standard InChI is InChI=1S/2C24H32Br2O2/c2*1-27-23-10-6-19(7-11-23)17-21(5-3-4-15-25)22(14-16-26)18-20-8-12-24(28-2)13-9-20/h2*6-13,21-22H,3-5,14-18H2,1-2H3/t2*21-,22-/m10/s1. The molecule has 0 aliphatic rings. The molecule has 0 aliphatic heterocycles. The lowest BCUT2D eigenvalue weighted by atomic mass is 9.78. The number of hydrogen-bond acceptors (Lipinski definition) is 4. The van der Waals surface area contributed by atoms with Crippen molar-refractivity contribution in [3.8, 4) is 23.0 Å². The van der Waals surface area contributed by atoms with E-state index in [-0.39, 0.29) is 0 Å². The van der Waals surface area contributed by atoms with Gasteiger partial charge in [0.25, 0.3) is 0 Å². The van der Waals surface area contributed by atoms with Crippen molar-refractivity contribution in [2.24, 2.45) is 23.7 Å². The van der Waals surface area contributed by atoms with Crippen LogP contribution in [0.25, 0.3) is 0 Å². The molecule has 0 bridgehead atoms. The molecule has 0 fully saturated rings. The minimum Gasteiger partial charge on any atom is -0.497 e. The van der Waals surface area contributed by atoms with E-state index in [2.05, 4.69) is 161 Å². The van der Waals surface area contributed by atoms with Crippen molar-refractivity contribution in [1.29, 1.82) is 0 Å². The molecule has 56 heavy (non-hydrogen) atoms. The molecule has 0 saturated heterocycles. The molecule has 4 aromatic rings. The predicted molar refractivity (Wildman–Crippen MR) is 253 cm³/mol. The monoisotopic (exact) mass is 1020 g/mol. The van der Waals surface area contributed by atoms with Gasteiger partial charge in [0.1, 0.15) is 23.0 Å². The second kappa shape index (κ2) is 29.2. The summed E-state index contributed by atoms with van der Waals surface area (Å²) < 4.78 is 21.3. The summed E-state index contributed by atoms with van der Waals surface area (Å²) in [6.07, 6.45) is 14.4. The predicted octanol–water partition coefficient (Wildman–Crippen LogP) is 14.1. The molecule has 0 spiro atoms. The summed E-state index contributed by atoms with van der Waals surface area (Å²) in [4.78, 5) is 0. The van der Waals surface area contributed by atoms with Gasteiger partial charge in [0.05, 0.1) is 28.4 Å². The van der Waals surface area contributed by atoms with Crippen LogP contribution in [0.2, 0.25) is 0 Å². The zero-order valence-electron chi connectivity index (χ0n) is 34.0. The number of benzene rings is 4. The van der Waals surface area contributed by atoms with Gasteiger partial charge < -0.3 is 18.9 Å². The summed E-state index contributed by atoms with van der Waals surface area (Å²) in [6.45, 7) is 0. The third kappa shape index (κ3) is 18.3. The van der Waals surface area contributed by atoms with Crippen LogP contribution in [-0.2, 0) is 25.7 Å². The van der Waals surface area contributed by atoms with Gasteiger partial charge >= 0.3 is 0 Å². The molecular formula is C48H64Br4O4. The van der Waals surface area contributed by atoms with Gasteiger partial charge in [-0.25, -0.2) is 0 Å². The Labute approximate surface area is 372 Å². The highest BCUT2D eigenvalue weighted by molar-refractivity contribution is 9.09. The molecule has 4 rings (SSSR count). The fourth-order valence-corrected chi connectivity index (χ4v) is 9.53. The van der Waals surface area contributed by atoms with E-state index in [1.54, 1.807) is 28.4 Å². The average Bonchev–Trinajstić information content (AvgIpc) is 3.24. The largest absolute Gasteiger partial charge is 0.497 e. The van der Waals surface area contributed by atoms with Gasteiger partial charge in [0.15, 0.2) is 0 Å². The highest BCUT2D eigenvalue weighted by Gasteiger charge is 2.23. The van der Waals surface area contributed by atoms with Crippen LogP contribution in [0.15, 0.2) is 97.1 Å².